The molecule has 0 unspecified atom stereocenters. The Kier molecular flexibility index (Phi) is 7.43. The van der Waals surface area contributed by atoms with Crippen molar-refractivity contribution in [2.75, 3.05) is 22.1 Å². The lowest BCUT2D eigenvalue weighted by atomic mass is 9.83. The maximum atomic E-state index is 13.3. The van der Waals surface area contributed by atoms with Crippen LogP contribution in [-0.4, -0.2) is 24.4 Å². The number of hydrogen-bond donors (Lipinski definition) is 3. The molecule has 32 heavy (non-hydrogen) atoms. The molecule has 1 aliphatic carbocycles. The number of carbonyl (C=O) groups is 2. The quantitative estimate of drug-likeness (QED) is 0.591. The van der Waals surface area contributed by atoms with Crippen molar-refractivity contribution in [3.05, 3.63) is 54.1 Å². The van der Waals surface area contributed by atoms with E-state index in [0.29, 0.717) is 18.9 Å². The average Bonchev–Trinajstić information content (AvgIpc) is 2.84. The van der Waals surface area contributed by atoms with Gasteiger partial charge in [0.15, 0.2) is 0 Å². The Morgan fingerprint density at radius 3 is 2.50 bits per heavy atom. The first-order valence-corrected chi connectivity index (χ1v) is 11.9. The van der Waals surface area contributed by atoms with E-state index in [-0.39, 0.29) is 17.9 Å². The summed E-state index contributed by atoms with van der Waals surface area (Å²) >= 11 is 0. The third kappa shape index (κ3) is 5.49. The van der Waals surface area contributed by atoms with Crippen LogP contribution < -0.4 is 21.3 Å². The van der Waals surface area contributed by atoms with E-state index in [4.69, 9.17) is 5.73 Å². The number of hydrogen-bond acceptors (Lipinski definition) is 4. The molecule has 6 heteroatoms. The van der Waals surface area contributed by atoms with Gasteiger partial charge in [-0.15, -0.1) is 0 Å². The second kappa shape index (κ2) is 10.6. The highest BCUT2D eigenvalue weighted by Gasteiger charge is 2.30. The molecule has 4 N–H and O–H groups in total. The van der Waals surface area contributed by atoms with Gasteiger partial charge in [0.2, 0.25) is 11.8 Å². The molecule has 4 rings (SSSR count). The fraction of sp³-hybridized carbons (Fsp3) is 0.462. The number of benzene rings is 2. The van der Waals surface area contributed by atoms with Crippen LogP contribution in [0.15, 0.2) is 48.5 Å². The van der Waals surface area contributed by atoms with Crippen LogP contribution in [0.1, 0.15) is 56.9 Å². The van der Waals surface area contributed by atoms with E-state index < -0.39 is 0 Å². The summed E-state index contributed by atoms with van der Waals surface area (Å²) in [6, 6.07) is 15.3. The Labute approximate surface area is 190 Å². The fourth-order valence-corrected chi connectivity index (χ4v) is 4.86. The molecule has 0 radical (unpaired) electrons. The molecule has 6 nitrogen and oxygen atoms in total. The lowest BCUT2D eigenvalue weighted by molar-refractivity contribution is -0.119. The zero-order chi connectivity index (χ0) is 22.3. The number of nitrogens with one attached hydrogen (secondary N) is 2. The molecule has 1 saturated heterocycles. The van der Waals surface area contributed by atoms with Gasteiger partial charge in [0.25, 0.3) is 0 Å². The van der Waals surface area contributed by atoms with Gasteiger partial charge >= 0.3 is 0 Å². The van der Waals surface area contributed by atoms with E-state index in [2.05, 4.69) is 10.6 Å². The van der Waals surface area contributed by atoms with E-state index in [1.54, 1.807) is 0 Å². The van der Waals surface area contributed by atoms with Crippen molar-refractivity contribution < 1.29 is 9.59 Å². The molecule has 1 atom stereocenters. The van der Waals surface area contributed by atoms with Gasteiger partial charge in [0, 0.05) is 36.6 Å². The maximum Gasteiger partial charge on any atom is 0.247 e. The number of amides is 2. The van der Waals surface area contributed by atoms with E-state index in [9.17, 15) is 9.59 Å². The van der Waals surface area contributed by atoms with Gasteiger partial charge in [0.05, 0.1) is 0 Å². The first-order chi connectivity index (χ1) is 15.6. The number of piperidine rings is 1. The third-order valence-corrected chi connectivity index (χ3v) is 6.66. The van der Waals surface area contributed by atoms with Crippen molar-refractivity contribution in [3.63, 3.8) is 0 Å². The Balaban J connectivity index is 1.47. The van der Waals surface area contributed by atoms with Crippen LogP contribution >= 0.6 is 0 Å². The lowest BCUT2D eigenvalue weighted by Gasteiger charge is -2.31. The van der Waals surface area contributed by atoms with Gasteiger partial charge < -0.3 is 21.3 Å². The minimum Gasteiger partial charge on any atom is -0.373 e. The average molecular weight is 435 g/mol. The molecule has 2 aromatic carbocycles. The van der Waals surface area contributed by atoms with E-state index in [1.807, 2.05) is 53.4 Å². The second-order valence-corrected chi connectivity index (χ2v) is 8.96. The highest BCUT2D eigenvalue weighted by molar-refractivity contribution is 5.98. The van der Waals surface area contributed by atoms with Crippen LogP contribution in [0.5, 0.6) is 0 Å². The van der Waals surface area contributed by atoms with Crippen LogP contribution in [0.3, 0.4) is 0 Å². The molecule has 1 saturated carbocycles. The van der Waals surface area contributed by atoms with Crippen LogP contribution in [0, 0.1) is 5.92 Å². The Morgan fingerprint density at radius 1 is 1.00 bits per heavy atom. The van der Waals surface area contributed by atoms with Gasteiger partial charge in [-0.25, -0.2) is 0 Å². The van der Waals surface area contributed by atoms with E-state index >= 15 is 0 Å². The summed E-state index contributed by atoms with van der Waals surface area (Å²) < 4.78 is 0. The predicted octanol–water partition coefficient (Wildman–Crippen LogP) is 4.66. The molecular formula is C26H34N4O2. The standard InChI is InChI=1S/C26H34N4O2/c27-18-19-7-6-10-22(17-19)28-25(20-8-2-1-3-9-20)26(32)29-21-12-14-23(15-13-21)30-16-5-4-11-24(30)31/h6-7,10,12-15,17,20,25,28H,1-5,8-9,11,16,18,27H2,(H,29,32)/t25-/m1/s1. The van der Waals surface area contributed by atoms with Crippen LogP contribution in [-0.2, 0) is 16.1 Å². The highest BCUT2D eigenvalue weighted by Crippen LogP contribution is 2.30. The van der Waals surface area contributed by atoms with Crippen molar-refractivity contribution in [2.45, 2.75) is 64.0 Å². The summed E-state index contributed by atoms with van der Waals surface area (Å²) in [6.45, 7) is 1.24. The number of carbonyl (C=O) groups excluding carboxylic acids is 2. The number of nitrogens with two attached hydrogens (primary N) is 1. The Bertz CT molecular complexity index is 922. The van der Waals surface area contributed by atoms with Crippen LogP contribution in [0.4, 0.5) is 17.1 Å². The van der Waals surface area contributed by atoms with E-state index in [0.717, 1.165) is 67.7 Å². The summed E-state index contributed by atoms with van der Waals surface area (Å²) in [5.41, 5.74) is 9.42. The summed E-state index contributed by atoms with van der Waals surface area (Å²) in [5, 5.41) is 6.59. The van der Waals surface area contributed by atoms with Gasteiger partial charge in [-0.1, -0.05) is 31.4 Å². The normalized spacial score (nSPS) is 18.3. The largest absolute Gasteiger partial charge is 0.373 e. The number of nitrogens with zero attached hydrogens (tertiary/aromatic N) is 1. The van der Waals surface area contributed by atoms with E-state index in [1.165, 1.54) is 6.42 Å². The smallest absolute Gasteiger partial charge is 0.247 e. The van der Waals surface area contributed by atoms with Crippen molar-refractivity contribution in [1.29, 1.82) is 0 Å². The third-order valence-electron chi connectivity index (χ3n) is 6.66. The molecule has 2 fully saturated rings. The number of anilines is 3. The summed E-state index contributed by atoms with van der Waals surface area (Å²) in [4.78, 5) is 27.4. The van der Waals surface area contributed by atoms with Crippen molar-refractivity contribution in [2.24, 2.45) is 11.7 Å². The molecule has 1 heterocycles. The summed E-state index contributed by atoms with van der Waals surface area (Å²) in [6.07, 6.45) is 8.28. The van der Waals surface area contributed by atoms with Crippen molar-refractivity contribution in [1.82, 2.24) is 0 Å². The zero-order valence-electron chi connectivity index (χ0n) is 18.7. The molecule has 2 amide bonds. The van der Waals surface area contributed by atoms with Gasteiger partial charge in [-0.05, 0) is 73.6 Å². The monoisotopic (exact) mass is 434 g/mol. The van der Waals surface area contributed by atoms with Crippen molar-refractivity contribution in [3.8, 4) is 0 Å². The zero-order valence-corrected chi connectivity index (χ0v) is 18.7. The Morgan fingerprint density at radius 2 is 1.78 bits per heavy atom. The van der Waals surface area contributed by atoms with Gasteiger partial charge in [0.1, 0.15) is 6.04 Å². The van der Waals surface area contributed by atoms with Gasteiger partial charge in [-0.3, -0.25) is 9.59 Å². The van der Waals surface area contributed by atoms with Gasteiger partial charge in [-0.2, -0.15) is 0 Å². The maximum absolute atomic E-state index is 13.3. The fourth-order valence-electron chi connectivity index (χ4n) is 4.86. The SMILES string of the molecule is NCc1cccc(N[C@@H](C(=O)Nc2ccc(N3CCCCC3=O)cc2)C2CCCCC2)c1. The molecule has 0 bridgehead atoms. The van der Waals surface area contributed by atoms with Crippen LogP contribution in [0.2, 0.25) is 0 Å². The first kappa shape index (κ1) is 22.3. The molecule has 2 aromatic rings. The molecule has 1 aliphatic heterocycles. The molecule has 0 aromatic heterocycles. The molecule has 0 spiro atoms. The minimum atomic E-state index is -0.299. The number of rotatable bonds is 7. The molecule has 170 valence electrons. The topological polar surface area (TPSA) is 87.5 Å². The summed E-state index contributed by atoms with van der Waals surface area (Å²) in [5.74, 6) is 0.460. The van der Waals surface area contributed by atoms with Crippen molar-refractivity contribution >= 4 is 28.9 Å². The lowest BCUT2D eigenvalue weighted by Crippen LogP contribution is -2.41. The first-order valence-electron chi connectivity index (χ1n) is 11.9. The highest BCUT2D eigenvalue weighted by atomic mass is 16.2. The Hall–Kier alpha value is -2.86. The molecular weight excluding hydrogens is 400 g/mol. The minimum absolute atomic E-state index is 0.0168. The second-order valence-electron chi connectivity index (χ2n) is 8.96. The van der Waals surface area contributed by atoms with Crippen LogP contribution in [0.25, 0.3) is 0 Å². The summed E-state index contributed by atoms with van der Waals surface area (Å²) in [7, 11) is 0. The predicted molar refractivity (Wildman–Crippen MR) is 130 cm³/mol. The molecule has 2 aliphatic rings.